The first-order valence-electron chi connectivity index (χ1n) is 4.59. The highest BCUT2D eigenvalue weighted by atomic mass is 35.5. The zero-order chi connectivity index (χ0) is 9.23. The van der Waals surface area contributed by atoms with Crippen LogP contribution in [0.1, 0.15) is 45.4 Å². The van der Waals surface area contributed by atoms with Gasteiger partial charge in [-0.3, -0.25) is 0 Å². The van der Waals surface area contributed by atoms with Gasteiger partial charge in [-0.15, -0.1) is 0 Å². The van der Waals surface area contributed by atoms with Crippen LogP contribution in [0, 0.1) is 0 Å². The minimum atomic E-state index is 0.142. The smallest absolute Gasteiger partial charge is 0.255 e. The van der Waals surface area contributed by atoms with E-state index in [1.165, 1.54) is 32.1 Å². The van der Waals surface area contributed by atoms with Crippen molar-refractivity contribution >= 4 is 28.3 Å². The molecular formula is C9H17ClOS. The van der Waals surface area contributed by atoms with Gasteiger partial charge in [0.05, 0.1) is 6.61 Å². The van der Waals surface area contributed by atoms with E-state index in [0.29, 0.717) is 6.61 Å². The normalized spacial score (nSPS) is 9.83. The summed E-state index contributed by atoms with van der Waals surface area (Å²) in [6.45, 7) is 2.89. The number of hydrogen-bond acceptors (Lipinski definition) is 2. The van der Waals surface area contributed by atoms with Gasteiger partial charge in [-0.2, -0.15) is 0 Å². The van der Waals surface area contributed by atoms with Crippen molar-refractivity contribution in [1.29, 1.82) is 0 Å². The lowest BCUT2D eigenvalue weighted by molar-refractivity contribution is 0.307. The Labute approximate surface area is 85.4 Å². The SMILES string of the molecule is CCCCCCCCOC(=S)Cl. The number of thiocarbonyl (C=S) groups is 1. The maximum absolute atomic E-state index is 5.35. The molecule has 0 amide bonds. The van der Waals surface area contributed by atoms with Gasteiger partial charge < -0.3 is 4.74 Å². The Morgan fingerprint density at radius 3 is 2.33 bits per heavy atom. The molecule has 12 heavy (non-hydrogen) atoms. The first kappa shape index (κ1) is 12.2. The van der Waals surface area contributed by atoms with Crippen LogP contribution in [0.3, 0.4) is 0 Å². The molecule has 0 bridgehead atoms. The first-order valence-corrected chi connectivity index (χ1v) is 5.38. The zero-order valence-corrected chi connectivity index (χ0v) is 9.22. The first-order chi connectivity index (χ1) is 5.77. The average Bonchev–Trinajstić information content (AvgIpc) is 2.02. The van der Waals surface area contributed by atoms with E-state index in [0.717, 1.165) is 6.42 Å². The Morgan fingerprint density at radius 1 is 1.17 bits per heavy atom. The molecule has 0 heterocycles. The van der Waals surface area contributed by atoms with Gasteiger partial charge in [0.15, 0.2) is 0 Å². The van der Waals surface area contributed by atoms with Crippen molar-refractivity contribution < 1.29 is 4.74 Å². The maximum Gasteiger partial charge on any atom is 0.255 e. The van der Waals surface area contributed by atoms with E-state index in [4.69, 9.17) is 16.3 Å². The van der Waals surface area contributed by atoms with Gasteiger partial charge in [0.1, 0.15) is 0 Å². The van der Waals surface area contributed by atoms with Crippen molar-refractivity contribution in [3.63, 3.8) is 0 Å². The van der Waals surface area contributed by atoms with Gasteiger partial charge in [-0.05, 0) is 30.2 Å². The molecule has 72 valence electrons. The summed E-state index contributed by atoms with van der Waals surface area (Å²) in [6.07, 6.45) is 7.56. The average molecular weight is 209 g/mol. The summed E-state index contributed by atoms with van der Waals surface area (Å²) in [4.78, 5) is 0. The van der Waals surface area contributed by atoms with E-state index in [1.807, 2.05) is 0 Å². The molecule has 0 aromatic rings. The molecule has 0 aliphatic rings. The molecule has 0 saturated heterocycles. The number of rotatable bonds is 7. The molecule has 0 rings (SSSR count). The molecule has 0 aromatic heterocycles. The quantitative estimate of drug-likeness (QED) is 0.357. The molecule has 3 heteroatoms. The number of hydrogen-bond donors (Lipinski definition) is 0. The van der Waals surface area contributed by atoms with Crippen LogP contribution in [0.2, 0.25) is 0 Å². The monoisotopic (exact) mass is 208 g/mol. The predicted molar refractivity (Wildman–Crippen MR) is 57.8 cm³/mol. The van der Waals surface area contributed by atoms with Crippen LogP contribution in [-0.2, 0) is 4.74 Å². The topological polar surface area (TPSA) is 9.23 Å². The van der Waals surface area contributed by atoms with Crippen molar-refractivity contribution in [2.24, 2.45) is 0 Å². The molecule has 0 aromatic carbocycles. The second kappa shape index (κ2) is 9.27. The number of halogens is 1. The van der Waals surface area contributed by atoms with Crippen LogP contribution in [-0.4, -0.2) is 11.1 Å². The van der Waals surface area contributed by atoms with Gasteiger partial charge in [-0.1, -0.05) is 39.0 Å². The molecule has 0 aliphatic heterocycles. The van der Waals surface area contributed by atoms with Gasteiger partial charge in [0, 0.05) is 0 Å². The van der Waals surface area contributed by atoms with Crippen molar-refractivity contribution in [3.05, 3.63) is 0 Å². The highest BCUT2D eigenvalue weighted by molar-refractivity contribution is 7.82. The van der Waals surface area contributed by atoms with Gasteiger partial charge >= 0.3 is 0 Å². The molecule has 1 nitrogen and oxygen atoms in total. The van der Waals surface area contributed by atoms with Crippen LogP contribution in [0.4, 0.5) is 0 Å². The minimum absolute atomic E-state index is 0.142. The lowest BCUT2D eigenvalue weighted by Crippen LogP contribution is -1.95. The molecule has 0 fully saturated rings. The fourth-order valence-corrected chi connectivity index (χ4v) is 1.20. The number of ether oxygens (including phenoxy) is 1. The van der Waals surface area contributed by atoms with E-state index in [2.05, 4.69) is 19.1 Å². The van der Waals surface area contributed by atoms with E-state index in [1.54, 1.807) is 0 Å². The second-order valence-corrected chi connectivity index (χ2v) is 3.79. The van der Waals surface area contributed by atoms with E-state index >= 15 is 0 Å². The van der Waals surface area contributed by atoms with Crippen LogP contribution >= 0.6 is 23.8 Å². The summed E-state index contributed by atoms with van der Waals surface area (Å²) in [5.41, 5.74) is 0. The van der Waals surface area contributed by atoms with E-state index in [9.17, 15) is 0 Å². The maximum atomic E-state index is 5.35. The van der Waals surface area contributed by atoms with Crippen LogP contribution in [0.15, 0.2) is 0 Å². The van der Waals surface area contributed by atoms with Gasteiger partial charge in [0.2, 0.25) is 0 Å². The Bertz CT molecular complexity index is 117. The Hall–Kier alpha value is 0.180. The standard InChI is InChI=1S/C9H17ClOS/c1-2-3-4-5-6-7-8-11-9(10)12/h2-8H2,1H3. The van der Waals surface area contributed by atoms with Crippen LogP contribution < -0.4 is 0 Å². The molecule has 0 atom stereocenters. The summed E-state index contributed by atoms with van der Waals surface area (Å²) in [7, 11) is 0. The van der Waals surface area contributed by atoms with Gasteiger partial charge in [-0.25, -0.2) is 0 Å². The highest BCUT2D eigenvalue weighted by Crippen LogP contribution is 2.05. The van der Waals surface area contributed by atoms with Crippen molar-refractivity contribution in [1.82, 2.24) is 0 Å². The summed E-state index contributed by atoms with van der Waals surface area (Å²) in [6, 6.07) is 0. The van der Waals surface area contributed by atoms with Crippen molar-refractivity contribution in [3.8, 4) is 0 Å². The summed E-state index contributed by atoms with van der Waals surface area (Å²) in [5, 5.41) is 0. The van der Waals surface area contributed by atoms with Crippen molar-refractivity contribution in [2.45, 2.75) is 45.4 Å². The molecule has 0 aliphatic carbocycles. The second-order valence-electron chi connectivity index (χ2n) is 2.85. The highest BCUT2D eigenvalue weighted by Gasteiger charge is 1.92. The van der Waals surface area contributed by atoms with E-state index < -0.39 is 0 Å². The summed E-state index contributed by atoms with van der Waals surface area (Å²) >= 11 is 9.91. The third kappa shape index (κ3) is 10.2. The van der Waals surface area contributed by atoms with Gasteiger partial charge in [0.25, 0.3) is 4.51 Å². The van der Waals surface area contributed by atoms with Crippen molar-refractivity contribution in [2.75, 3.05) is 6.61 Å². The fourth-order valence-electron chi connectivity index (χ4n) is 1.03. The Kier molecular flexibility index (Phi) is 9.41. The summed E-state index contributed by atoms with van der Waals surface area (Å²) < 4.78 is 5.09. The predicted octanol–water partition coefficient (Wildman–Crippen LogP) is 3.89. The third-order valence-corrected chi connectivity index (χ3v) is 1.94. The van der Waals surface area contributed by atoms with Crippen LogP contribution in [0.25, 0.3) is 0 Å². The number of unbranched alkanes of at least 4 members (excludes halogenated alkanes) is 5. The minimum Gasteiger partial charge on any atom is -0.475 e. The third-order valence-electron chi connectivity index (χ3n) is 1.71. The largest absolute Gasteiger partial charge is 0.475 e. The Morgan fingerprint density at radius 2 is 1.75 bits per heavy atom. The molecule has 0 spiro atoms. The van der Waals surface area contributed by atoms with Crippen LogP contribution in [0.5, 0.6) is 0 Å². The molecule has 0 unspecified atom stereocenters. The molecular weight excluding hydrogens is 192 g/mol. The lowest BCUT2D eigenvalue weighted by Gasteiger charge is -2.01. The Balaban J connectivity index is 2.86. The molecule has 0 radical (unpaired) electrons. The lowest BCUT2D eigenvalue weighted by atomic mass is 10.1. The van der Waals surface area contributed by atoms with E-state index in [-0.39, 0.29) is 4.51 Å². The fraction of sp³-hybridized carbons (Fsp3) is 0.889. The molecule has 0 N–H and O–H groups in total. The summed E-state index contributed by atoms with van der Waals surface area (Å²) in [5.74, 6) is 0. The molecule has 0 saturated carbocycles. The zero-order valence-electron chi connectivity index (χ0n) is 7.64.